The molecule has 3 heteroatoms. The number of esters is 1. The van der Waals surface area contributed by atoms with Gasteiger partial charge in [0.15, 0.2) is 0 Å². The molecule has 0 unspecified atom stereocenters. The highest BCUT2D eigenvalue weighted by Crippen LogP contribution is 2.17. The molecule has 0 fully saturated rings. The van der Waals surface area contributed by atoms with Gasteiger partial charge in [0, 0.05) is 0 Å². The van der Waals surface area contributed by atoms with Crippen molar-refractivity contribution in [3.63, 3.8) is 0 Å². The molecule has 0 saturated carbocycles. The van der Waals surface area contributed by atoms with Crippen LogP contribution in [0.2, 0.25) is 0 Å². The van der Waals surface area contributed by atoms with Crippen LogP contribution in [0.25, 0.3) is 0 Å². The highest BCUT2D eigenvalue weighted by atomic mass is 16.5. The molecule has 0 N–H and O–H groups in total. The lowest BCUT2D eigenvalue weighted by Gasteiger charge is -2.08. The molecule has 0 radical (unpaired) electrons. The second-order valence-electron chi connectivity index (χ2n) is 3.47. The number of ether oxygens (including phenoxy) is 1. The predicted molar refractivity (Wildman–Crippen MR) is 56.4 cm³/mol. The van der Waals surface area contributed by atoms with Crippen LogP contribution >= 0.6 is 0 Å². The van der Waals surface area contributed by atoms with Gasteiger partial charge >= 0.3 is 5.97 Å². The largest absolute Gasteiger partial charge is 0.469 e. The molecule has 1 aromatic rings. The third-order valence-electron chi connectivity index (χ3n) is 2.29. The summed E-state index contributed by atoms with van der Waals surface area (Å²) in [6.07, 6.45) is 0.158. The van der Waals surface area contributed by atoms with E-state index in [1.165, 1.54) is 7.11 Å². The summed E-state index contributed by atoms with van der Waals surface area (Å²) in [4.78, 5) is 11.2. The number of aryl methyl sites for hydroxylation is 2. The SMILES string of the molecule is COC(=O)Cc1c(C)cc(C)cc1C#N. The standard InChI is InChI=1S/C12H13NO2/c1-8-4-9(2)11(6-12(14)15-3)10(5-8)7-13/h4-5H,6H2,1-3H3. The topological polar surface area (TPSA) is 50.1 Å². The summed E-state index contributed by atoms with van der Waals surface area (Å²) < 4.78 is 4.59. The van der Waals surface area contributed by atoms with Crippen LogP contribution in [0.15, 0.2) is 12.1 Å². The molecule has 1 aromatic carbocycles. The van der Waals surface area contributed by atoms with E-state index in [0.717, 1.165) is 16.7 Å². The molecular weight excluding hydrogens is 190 g/mol. The molecule has 1 rings (SSSR count). The molecule has 0 aliphatic carbocycles. The molecule has 0 heterocycles. The summed E-state index contributed by atoms with van der Waals surface area (Å²) in [6.45, 7) is 3.82. The maximum Gasteiger partial charge on any atom is 0.310 e. The lowest BCUT2D eigenvalue weighted by molar-refractivity contribution is -0.139. The molecule has 0 spiro atoms. The number of benzene rings is 1. The number of rotatable bonds is 2. The average molecular weight is 203 g/mol. The van der Waals surface area contributed by atoms with Crippen LogP contribution < -0.4 is 0 Å². The van der Waals surface area contributed by atoms with Crippen LogP contribution in [0.3, 0.4) is 0 Å². The zero-order chi connectivity index (χ0) is 11.4. The normalized spacial score (nSPS) is 9.47. The minimum absolute atomic E-state index is 0.158. The fourth-order valence-electron chi connectivity index (χ4n) is 1.55. The van der Waals surface area contributed by atoms with Crippen molar-refractivity contribution in [3.05, 3.63) is 34.4 Å². The number of methoxy groups -OCH3 is 1. The van der Waals surface area contributed by atoms with Crippen molar-refractivity contribution in [1.29, 1.82) is 5.26 Å². The zero-order valence-electron chi connectivity index (χ0n) is 9.13. The molecule has 15 heavy (non-hydrogen) atoms. The molecule has 0 saturated heterocycles. The fourth-order valence-corrected chi connectivity index (χ4v) is 1.55. The molecule has 0 atom stereocenters. The summed E-state index contributed by atoms with van der Waals surface area (Å²) >= 11 is 0. The van der Waals surface area contributed by atoms with Crippen molar-refractivity contribution in [2.24, 2.45) is 0 Å². The Balaban J connectivity index is 3.17. The van der Waals surface area contributed by atoms with Crippen LogP contribution in [0, 0.1) is 25.2 Å². The van der Waals surface area contributed by atoms with Crippen LogP contribution in [0.5, 0.6) is 0 Å². The van der Waals surface area contributed by atoms with Crippen LogP contribution in [0.1, 0.15) is 22.3 Å². The second kappa shape index (κ2) is 4.61. The van der Waals surface area contributed by atoms with Crippen LogP contribution in [-0.2, 0) is 16.0 Å². The summed E-state index contributed by atoms with van der Waals surface area (Å²) in [5.41, 5.74) is 3.29. The van der Waals surface area contributed by atoms with E-state index in [-0.39, 0.29) is 12.4 Å². The number of nitrogens with zero attached hydrogens (tertiary/aromatic N) is 1. The summed E-state index contributed by atoms with van der Waals surface area (Å²) in [5, 5.41) is 8.95. The molecule has 0 aliphatic rings. The fraction of sp³-hybridized carbons (Fsp3) is 0.333. The molecule has 0 amide bonds. The first-order valence-electron chi connectivity index (χ1n) is 4.65. The van der Waals surface area contributed by atoms with Crippen LogP contribution in [0.4, 0.5) is 0 Å². The van der Waals surface area contributed by atoms with Gasteiger partial charge in [-0.25, -0.2) is 0 Å². The maximum absolute atomic E-state index is 11.2. The van der Waals surface area contributed by atoms with Gasteiger partial charge in [0.1, 0.15) is 0 Å². The van der Waals surface area contributed by atoms with Gasteiger partial charge in [0.2, 0.25) is 0 Å². The molecular formula is C12H13NO2. The van der Waals surface area contributed by atoms with Crippen molar-refractivity contribution in [3.8, 4) is 6.07 Å². The Morgan fingerprint density at radius 1 is 1.47 bits per heavy atom. The Morgan fingerprint density at radius 3 is 2.67 bits per heavy atom. The maximum atomic E-state index is 11.2. The van der Waals surface area contributed by atoms with Gasteiger partial charge in [0.05, 0.1) is 25.2 Å². The van der Waals surface area contributed by atoms with E-state index >= 15 is 0 Å². The smallest absolute Gasteiger partial charge is 0.310 e. The first kappa shape index (κ1) is 11.3. The van der Waals surface area contributed by atoms with Crippen molar-refractivity contribution in [2.45, 2.75) is 20.3 Å². The predicted octanol–water partition coefficient (Wildman–Crippen LogP) is 1.89. The van der Waals surface area contributed by atoms with E-state index in [2.05, 4.69) is 10.8 Å². The minimum Gasteiger partial charge on any atom is -0.469 e. The average Bonchev–Trinajstić information content (AvgIpc) is 2.21. The zero-order valence-corrected chi connectivity index (χ0v) is 9.13. The number of carbonyl (C=O) groups is 1. The quantitative estimate of drug-likeness (QED) is 0.690. The van der Waals surface area contributed by atoms with E-state index < -0.39 is 0 Å². The number of nitriles is 1. The van der Waals surface area contributed by atoms with Gasteiger partial charge in [-0.15, -0.1) is 0 Å². The van der Waals surface area contributed by atoms with Crippen molar-refractivity contribution < 1.29 is 9.53 Å². The van der Waals surface area contributed by atoms with Gasteiger partial charge < -0.3 is 4.74 Å². The third-order valence-corrected chi connectivity index (χ3v) is 2.29. The summed E-state index contributed by atoms with van der Waals surface area (Å²) in [5.74, 6) is -0.321. The monoisotopic (exact) mass is 203 g/mol. The highest BCUT2D eigenvalue weighted by Gasteiger charge is 2.11. The van der Waals surface area contributed by atoms with E-state index in [4.69, 9.17) is 5.26 Å². The van der Waals surface area contributed by atoms with Gasteiger partial charge in [-0.05, 0) is 36.6 Å². The van der Waals surface area contributed by atoms with E-state index in [0.29, 0.717) is 5.56 Å². The van der Waals surface area contributed by atoms with Gasteiger partial charge in [-0.2, -0.15) is 5.26 Å². The van der Waals surface area contributed by atoms with Gasteiger partial charge in [0.25, 0.3) is 0 Å². The number of carbonyl (C=O) groups excluding carboxylic acids is 1. The molecule has 0 aliphatic heterocycles. The van der Waals surface area contributed by atoms with Crippen LogP contribution in [-0.4, -0.2) is 13.1 Å². The van der Waals surface area contributed by atoms with E-state index in [9.17, 15) is 4.79 Å². The summed E-state index contributed by atoms with van der Waals surface area (Å²) in [7, 11) is 1.35. The Kier molecular flexibility index (Phi) is 3.46. The highest BCUT2D eigenvalue weighted by molar-refractivity contribution is 5.74. The third kappa shape index (κ3) is 2.57. The summed E-state index contributed by atoms with van der Waals surface area (Å²) in [6, 6.07) is 5.84. The van der Waals surface area contributed by atoms with Crippen molar-refractivity contribution >= 4 is 5.97 Å². The van der Waals surface area contributed by atoms with Crippen molar-refractivity contribution in [1.82, 2.24) is 0 Å². The molecule has 3 nitrogen and oxygen atoms in total. The van der Waals surface area contributed by atoms with Crippen molar-refractivity contribution in [2.75, 3.05) is 7.11 Å². The number of hydrogen-bond acceptors (Lipinski definition) is 3. The minimum atomic E-state index is -0.321. The second-order valence-corrected chi connectivity index (χ2v) is 3.47. The van der Waals surface area contributed by atoms with E-state index in [1.54, 1.807) is 6.07 Å². The first-order valence-corrected chi connectivity index (χ1v) is 4.65. The number of hydrogen-bond donors (Lipinski definition) is 0. The lowest BCUT2D eigenvalue weighted by Crippen LogP contribution is -2.08. The van der Waals surface area contributed by atoms with Gasteiger partial charge in [-0.1, -0.05) is 6.07 Å². The molecule has 0 bridgehead atoms. The van der Waals surface area contributed by atoms with Gasteiger partial charge in [-0.3, -0.25) is 4.79 Å². The first-order chi connectivity index (χ1) is 7.08. The lowest BCUT2D eigenvalue weighted by atomic mass is 9.97. The molecule has 78 valence electrons. The Labute approximate surface area is 89.3 Å². The Bertz CT molecular complexity index is 430. The Morgan fingerprint density at radius 2 is 2.13 bits per heavy atom. The molecule has 0 aromatic heterocycles. The van der Waals surface area contributed by atoms with E-state index in [1.807, 2.05) is 19.9 Å². The Hall–Kier alpha value is -1.82.